The maximum absolute atomic E-state index is 12.8. The summed E-state index contributed by atoms with van der Waals surface area (Å²) in [5.41, 5.74) is 1.79. The van der Waals surface area contributed by atoms with E-state index < -0.39 is 11.8 Å². The van der Waals surface area contributed by atoms with Crippen LogP contribution >= 0.6 is 112 Å². The number of carbonyl (C=O) groups is 1. The number of phenolic OH excluding ortho intramolecular Hbond substituents is 2. The number of carboxylic acids is 1. The minimum Gasteiger partial charge on any atom is -0.508 e. The van der Waals surface area contributed by atoms with Crippen molar-refractivity contribution in [1.29, 1.82) is 10.5 Å². The van der Waals surface area contributed by atoms with Gasteiger partial charge >= 0.3 is 5.97 Å². The zero-order chi connectivity index (χ0) is 61.2. The predicted molar refractivity (Wildman–Crippen MR) is 369 cm³/mol. The number of ether oxygens (including phenoxy) is 2. The molecular formula is C69H42Br7FN2O8. The lowest BCUT2D eigenvalue weighted by Gasteiger charge is -2.10. The Hall–Kier alpha value is -7.91. The fourth-order valence-corrected chi connectivity index (χ4v) is 11.1. The second-order valence-corrected chi connectivity index (χ2v) is 24.9. The molecule has 0 radical (unpaired) electrons. The molecule has 0 aliphatic heterocycles. The highest BCUT2D eigenvalue weighted by atomic mass is 79.9. The van der Waals surface area contributed by atoms with Gasteiger partial charge in [-0.25, -0.2) is 9.18 Å². The molecule has 432 valence electrons. The van der Waals surface area contributed by atoms with Crippen LogP contribution in [0.25, 0.3) is 65.0 Å². The molecule has 1 aromatic heterocycles. The first-order valence-electron chi connectivity index (χ1n) is 25.3. The summed E-state index contributed by atoms with van der Waals surface area (Å²) < 4.78 is 36.4. The van der Waals surface area contributed by atoms with E-state index in [9.17, 15) is 29.3 Å². The van der Waals surface area contributed by atoms with E-state index in [0.29, 0.717) is 60.7 Å². The van der Waals surface area contributed by atoms with Crippen LogP contribution in [0, 0.1) is 28.5 Å². The molecule has 87 heavy (non-hydrogen) atoms. The molecular weight excluding hydrogens is 1560 g/mol. The summed E-state index contributed by atoms with van der Waals surface area (Å²) in [7, 11) is 0. The van der Waals surface area contributed by atoms with Crippen LogP contribution in [0.4, 0.5) is 4.39 Å². The topological polar surface area (TPSA) is 174 Å². The second kappa shape index (κ2) is 29.7. The SMILES string of the molecule is C.N#Cc1ccc(Br)cc1F.N#Cc1ccc(O)cc1Oc1ccc2cc(Br)ccc2c1.O=C(O)c1ccc(Br)cc1Oc1ccc2cc(Br)ccc2c1.O=c1c2ccc(Br)cc2oc2ccc3cc(Br)ccc3c12.Oc1ccc2cc(Br)ccc2c1. The van der Waals surface area contributed by atoms with Gasteiger partial charge < -0.3 is 29.2 Å². The number of nitrogens with zero attached hydrogens (tertiary/aromatic N) is 2. The summed E-state index contributed by atoms with van der Waals surface area (Å²) in [5, 5.41) is 54.9. The van der Waals surface area contributed by atoms with Crippen molar-refractivity contribution in [2.24, 2.45) is 0 Å². The molecule has 1 heterocycles. The molecule has 0 spiro atoms. The maximum Gasteiger partial charge on any atom is 0.339 e. The lowest BCUT2D eigenvalue weighted by Crippen LogP contribution is -2.02. The Morgan fingerprint density at radius 3 is 1.41 bits per heavy atom. The summed E-state index contributed by atoms with van der Waals surface area (Å²) in [6, 6.07) is 67.1. The van der Waals surface area contributed by atoms with Gasteiger partial charge in [-0.1, -0.05) is 167 Å². The Labute approximate surface area is 556 Å². The lowest BCUT2D eigenvalue weighted by molar-refractivity contribution is 0.0694. The number of phenols is 2. The summed E-state index contributed by atoms with van der Waals surface area (Å²) >= 11 is 23.5. The zero-order valence-corrected chi connectivity index (χ0v) is 55.1. The molecule has 0 amide bonds. The number of carboxylic acid groups (broad SMARTS) is 1. The number of benzene rings is 12. The molecule has 13 aromatic rings. The molecule has 10 nitrogen and oxygen atoms in total. The van der Waals surface area contributed by atoms with Gasteiger partial charge in [-0.15, -0.1) is 0 Å². The van der Waals surface area contributed by atoms with Gasteiger partial charge in [-0.2, -0.15) is 10.5 Å². The van der Waals surface area contributed by atoms with Crippen LogP contribution in [0.15, 0.2) is 253 Å². The fraction of sp³-hybridized carbons (Fsp3) is 0.0145. The molecule has 12 aromatic carbocycles. The van der Waals surface area contributed by atoms with Gasteiger partial charge in [0.15, 0.2) is 0 Å². The van der Waals surface area contributed by atoms with Crippen molar-refractivity contribution in [3.63, 3.8) is 0 Å². The van der Waals surface area contributed by atoms with E-state index in [1.54, 1.807) is 42.5 Å². The number of nitriles is 2. The molecule has 0 unspecified atom stereocenters. The average molecular weight is 1610 g/mol. The van der Waals surface area contributed by atoms with Gasteiger partial charge in [0.2, 0.25) is 5.43 Å². The molecule has 0 saturated carbocycles. The van der Waals surface area contributed by atoms with Crippen molar-refractivity contribution < 1.29 is 38.4 Å². The number of hydrogen-bond donors (Lipinski definition) is 3. The molecule has 0 saturated heterocycles. The van der Waals surface area contributed by atoms with E-state index in [2.05, 4.69) is 112 Å². The van der Waals surface area contributed by atoms with Gasteiger partial charge in [0.05, 0.1) is 21.9 Å². The minimum atomic E-state index is -1.02. The Balaban J connectivity index is 0.000000145. The third-order valence-corrected chi connectivity index (χ3v) is 16.1. The first-order chi connectivity index (χ1) is 41.3. The number of aromatic carboxylic acids is 1. The van der Waals surface area contributed by atoms with Crippen molar-refractivity contribution >= 4 is 183 Å². The number of halogens is 8. The van der Waals surface area contributed by atoms with Crippen molar-refractivity contribution in [3.8, 4) is 46.6 Å². The predicted octanol–water partition coefficient (Wildman–Crippen LogP) is 22.9. The number of aromatic hydroxyl groups is 2. The Kier molecular flexibility index (Phi) is 22.2. The summed E-state index contributed by atoms with van der Waals surface area (Å²) in [4.78, 5) is 24.1. The molecule has 0 atom stereocenters. The van der Waals surface area contributed by atoms with Crippen molar-refractivity contribution in [3.05, 3.63) is 276 Å². The molecule has 13 rings (SSSR count). The quantitative estimate of drug-likeness (QED) is 0.111. The van der Waals surface area contributed by atoms with Crippen molar-refractivity contribution in [2.45, 2.75) is 7.43 Å². The van der Waals surface area contributed by atoms with Crippen LogP contribution < -0.4 is 14.9 Å². The summed E-state index contributed by atoms with van der Waals surface area (Å²) in [5.74, 6) is 0.720. The van der Waals surface area contributed by atoms with Gasteiger partial charge in [0.1, 0.15) is 69.2 Å². The zero-order valence-electron chi connectivity index (χ0n) is 44.0. The van der Waals surface area contributed by atoms with E-state index in [0.717, 1.165) is 69.9 Å². The van der Waals surface area contributed by atoms with E-state index in [1.165, 1.54) is 36.4 Å². The van der Waals surface area contributed by atoms with Crippen molar-refractivity contribution in [2.75, 3.05) is 0 Å². The van der Waals surface area contributed by atoms with Crippen LogP contribution in [-0.2, 0) is 0 Å². The van der Waals surface area contributed by atoms with Gasteiger partial charge in [-0.3, -0.25) is 4.79 Å². The summed E-state index contributed by atoms with van der Waals surface area (Å²) in [6.07, 6.45) is 0. The minimum absolute atomic E-state index is 0. The Morgan fingerprint density at radius 2 is 0.839 bits per heavy atom. The Bertz CT molecular complexity index is 4870. The van der Waals surface area contributed by atoms with Gasteiger partial charge in [0.25, 0.3) is 0 Å². The average Bonchev–Trinajstić information content (AvgIpc) is 1.09. The largest absolute Gasteiger partial charge is 0.508 e. The third kappa shape index (κ3) is 16.8. The van der Waals surface area contributed by atoms with E-state index in [-0.39, 0.29) is 29.7 Å². The lowest BCUT2D eigenvalue weighted by atomic mass is 10.0. The molecule has 3 N–H and O–H groups in total. The number of fused-ring (bicyclic) bond motifs is 7. The number of hydrogen-bond acceptors (Lipinski definition) is 9. The highest BCUT2D eigenvalue weighted by molar-refractivity contribution is 9.11. The highest BCUT2D eigenvalue weighted by Gasteiger charge is 2.15. The highest BCUT2D eigenvalue weighted by Crippen LogP contribution is 2.35. The van der Waals surface area contributed by atoms with Crippen LogP contribution in [0.3, 0.4) is 0 Å². The smallest absolute Gasteiger partial charge is 0.339 e. The third-order valence-electron chi connectivity index (χ3n) is 12.7. The van der Waals surface area contributed by atoms with E-state index in [1.807, 2.05) is 146 Å². The second-order valence-electron chi connectivity index (χ2n) is 18.5. The molecule has 18 heteroatoms. The Morgan fingerprint density at radius 1 is 0.425 bits per heavy atom. The van der Waals surface area contributed by atoms with Crippen molar-refractivity contribution in [1.82, 2.24) is 0 Å². The molecule has 0 fully saturated rings. The standard InChI is InChI=1S/C17H10Br2O3.C17H8Br2O2.C17H10BrNO2.C10H7BrO.C7H3BrFN.CH4/c18-12-3-1-11-8-14(5-2-10(11)7-12)22-16-9-13(19)4-6-15(16)17(20)21;18-10-2-4-12-9(7-10)1-6-14-16(12)17(20)13-5-3-11(19)8-15(13)21-14;18-14-4-1-12-8-16(6-3-11(12)7-14)21-17-9-15(20)5-2-13(17)10-19;11-9-3-1-8-6-10(12)4-2-7(8)5-9;8-6-2-1-5(4-10)7(9)3-6;/h1-9H,(H,20,21);1-8H;1-9,20H;1-6,12H;1-3H;1H4. The van der Waals surface area contributed by atoms with Crippen LogP contribution in [0.1, 0.15) is 28.9 Å². The van der Waals surface area contributed by atoms with E-state index >= 15 is 0 Å². The van der Waals surface area contributed by atoms with Crippen LogP contribution in [0.2, 0.25) is 0 Å². The molecule has 0 aliphatic rings. The maximum atomic E-state index is 12.8. The van der Waals surface area contributed by atoms with Crippen LogP contribution in [0.5, 0.6) is 34.5 Å². The normalized spacial score (nSPS) is 10.4. The van der Waals surface area contributed by atoms with Gasteiger partial charge in [0, 0.05) is 37.4 Å². The monoisotopic (exact) mass is 1600 g/mol. The molecule has 0 bridgehead atoms. The van der Waals surface area contributed by atoms with E-state index in [4.69, 9.17) is 24.4 Å². The molecule has 0 aliphatic carbocycles. The fourth-order valence-electron chi connectivity index (χ4n) is 8.62. The van der Waals surface area contributed by atoms with Gasteiger partial charge in [-0.05, 0) is 201 Å². The number of rotatable bonds is 5. The van der Waals surface area contributed by atoms with Crippen LogP contribution in [-0.4, -0.2) is 21.3 Å². The first-order valence-corrected chi connectivity index (χ1v) is 30.8. The first kappa shape index (κ1) is 65.1. The summed E-state index contributed by atoms with van der Waals surface area (Å²) in [6.45, 7) is 0.